The molecule has 0 aliphatic heterocycles. The number of nitrogens with zero attached hydrogens (tertiary/aromatic N) is 2. The molecule has 1 aromatic heterocycles. The van der Waals surface area contributed by atoms with E-state index in [1.165, 1.54) is 37.7 Å². The number of thiazole rings is 1. The molecule has 8 nitrogen and oxygen atoms in total. The minimum absolute atomic E-state index is 0.0221. The van der Waals surface area contributed by atoms with Crippen LogP contribution in [0, 0.1) is 10.1 Å². The second kappa shape index (κ2) is 9.19. The van der Waals surface area contributed by atoms with E-state index in [2.05, 4.69) is 16.9 Å². The maximum absolute atomic E-state index is 12.8. The van der Waals surface area contributed by atoms with E-state index in [4.69, 9.17) is 9.47 Å². The number of nitro groups is 1. The van der Waals surface area contributed by atoms with Crippen molar-refractivity contribution >= 4 is 28.1 Å². The Morgan fingerprint density at radius 1 is 1.30 bits per heavy atom. The van der Waals surface area contributed by atoms with Gasteiger partial charge in [-0.05, 0) is 18.6 Å². The lowest BCUT2D eigenvalue weighted by atomic mass is 10.1. The van der Waals surface area contributed by atoms with Gasteiger partial charge in [0.1, 0.15) is 0 Å². The number of hydrogen-bond acceptors (Lipinski definition) is 7. The Balaban J connectivity index is 1.85. The van der Waals surface area contributed by atoms with Crippen LogP contribution in [0.4, 0.5) is 10.8 Å². The van der Waals surface area contributed by atoms with Crippen molar-refractivity contribution in [3.05, 3.63) is 75.7 Å². The zero-order valence-corrected chi connectivity index (χ0v) is 17.2. The van der Waals surface area contributed by atoms with Gasteiger partial charge in [0, 0.05) is 34.2 Å². The number of allylic oxidation sites excluding steroid dienone is 1. The van der Waals surface area contributed by atoms with Crippen LogP contribution in [0.3, 0.4) is 0 Å². The molecular weight excluding hydrogens is 406 g/mol. The summed E-state index contributed by atoms with van der Waals surface area (Å²) in [6, 6.07) is 9.48. The zero-order valence-electron chi connectivity index (χ0n) is 16.4. The monoisotopic (exact) mass is 425 g/mol. The highest BCUT2D eigenvalue weighted by Crippen LogP contribution is 2.34. The van der Waals surface area contributed by atoms with Crippen LogP contribution in [0.1, 0.15) is 15.9 Å². The SMILES string of the molecule is C=CCc1cc(C(=O)Nc2nc(-c3cccc([N+](=O)[O-])c3)cs2)cc(OC)c1OC. The Bertz CT molecular complexity index is 1110. The van der Waals surface area contributed by atoms with E-state index in [9.17, 15) is 14.9 Å². The number of nitrogens with one attached hydrogen (secondary N) is 1. The van der Waals surface area contributed by atoms with E-state index in [-0.39, 0.29) is 11.6 Å². The van der Waals surface area contributed by atoms with Crippen LogP contribution in [0.25, 0.3) is 11.3 Å². The molecule has 154 valence electrons. The number of nitro benzene ring substituents is 1. The number of non-ortho nitro benzene ring substituents is 1. The largest absolute Gasteiger partial charge is 0.493 e. The maximum atomic E-state index is 12.8. The van der Waals surface area contributed by atoms with Gasteiger partial charge in [-0.25, -0.2) is 4.98 Å². The lowest BCUT2D eigenvalue weighted by Gasteiger charge is -2.14. The van der Waals surface area contributed by atoms with Crippen LogP contribution >= 0.6 is 11.3 Å². The lowest BCUT2D eigenvalue weighted by molar-refractivity contribution is -0.384. The van der Waals surface area contributed by atoms with Crippen LogP contribution in [-0.2, 0) is 6.42 Å². The molecule has 0 spiro atoms. The predicted molar refractivity (Wildman–Crippen MR) is 116 cm³/mol. The molecule has 2 aromatic carbocycles. The van der Waals surface area contributed by atoms with Gasteiger partial charge in [0.2, 0.25) is 0 Å². The highest BCUT2D eigenvalue weighted by Gasteiger charge is 2.17. The molecule has 30 heavy (non-hydrogen) atoms. The summed E-state index contributed by atoms with van der Waals surface area (Å²) in [6.45, 7) is 3.73. The molecule has 3 aromatic rings. The third-order valence-electron chi connectivity index (χ3n) is 4.26. The number of carbonyl (C=O) groups excluding carboxylic acids is 1. The number of anilines is 1. The van der Waals surface area contributed by atoms with Crippen molar-refractivity contribution in [2.45, 2.75) is 6.42 Å². The quantitative estimate of drug-likeness (QED) is 0.318. The van der Waals surface area contributed by atoms with E-state index in [0.717, 1.165) is 5.56 Å². The minimum Gasteiger partial charge on any atom is -0.493 e. The minimum atomic E-state index is -0.462. The predicted octanol–water partition coefficient (Wildman–Crippen LogP) is 4.72. The summed E-state index contributed by atoms with van der Waals surface area (Å²) < 4.78 is 10.7. The number of rotatable bonds is 8. The molecule has 0 saturated heterocycles. The molecule has 0 unspecified atom stereocenters. The molecule has 1 amide bonds. The molecule has 0 saturated carbocycles. The molecule has 9 heteroatoms. The number of amides is 1. The van der Waals surface area contributed by atoms with Crippen LogP contribution in [0.2, 0.25) is 0 Å². The highest BCUT2D eigenvalue weighted by molar-refractivity contribution is 7.14. The summed E-state index contributed by atoms with van der Waals surface area (Å²) >= 11 is 1.23. The van der Waals surface area contributed by atoms with Crippen molar-refractivity contribution in [1.29, 1.82) is 0 Å². The van der Waals surface area contributed by atoms with Gasteiger partial charge < -0.3 is 9.47 Å². The smallest absolute Gasteiger partial charge is 0.270 e. The molecule has 0 atom stereocenters. The Kier molecular flexibility index (Phi) is 6.43. The number of ether oxygens (including phenoxy) is 2. The summed E-state index contributed by atoms with van der Waals surface area (Å²) in [5.41, 5.74) is 2.27. The first-order chi connectivity index (χ1) is 14.5. The van der Waals surface area contributed by atoms with E-state index in [1.807, 2.05) is 0 Å². The fourth-order valence-electron chi connectivity index (χ4n) is 2.89. The molecule has 3 rings (SSSR count). The van der Waals surface area contributed by atoms with Gasteiger partial charge in [-0.1, -0.05) is 18.2 Å². The topological polar surface area (TPSA) is 104 Å². The second-order valence-electron chi connectivity index (χ2n) is 6.16. The summed E-state index contributed by atoms with van der Waals surface area (Å²) in [5, 5.41) is 15.8. The van der Waals surface area contributed by atoms with Gasteiger partial charge in [-0.3, -0.25) is 20.2 Å². The van der Waals surface area contributed by atoms with E-state index in [1.54, 1.807) is 35.7 Å². The van der Waals surface area contributed by atoms with Crippen molar-refractivity contribution in [1.82, 2.24) is 4.98 Å². The Labute approximate surface area is 176 Å². The fraction of sp³-hybridized carbons (Fsp3) is 0.143. The Morgan fingerprint density at radius 2 is 2.10 bits per heavy atom. The average molecular weight is 425 g/mol. The molecular formula is C21H19N3O5S. The zero-order chi connectivity index (χ0) is 21.7. The van der Waals surface area contributed by atoms with Gasteiger partial charge in [-0.2, -0.15) is 0 Å². The van der Waals surface area contributed by atoms with Crippen molar-refractivity contribution in [2.24, 2.45) is 0 Å². The van der Waals surface area contributed by atoms with E-state index in [0.29, 0.717) is 39.9 Å². The number of aromatic nitrogens is 1. The molecule has 0 aliphatic rings. The van der Waals surface area contributed by atoms with Crippen LogP contribution < -0.4 is 14.8 Å². The molecule has 0 bridgehead atoms. The first-order valence-electron chi connectivity index (χ1n) is 8.84. The highest BCUT2D eigenvalue weighted by atomic mass is 32.1. The Hall–Kier alpha value is -3.72. The average Bonchev–Trinajstić information content (AvgIpc) is 3.21. The van der Waals surface area contributed by atoms with Crippen LogP contribution in [0.15, 0.2) is 54.4 Å². The van der Waals surface area contributed by atoms with E-state index < -0.39 is 4.92 Å². The van der Waals surface area contributed by atoms with Crippen molar-refractivity contribution in [2.75, 3.05) is 19.5 Å². The second-order valence-corrected chi connectivity index (χ2v) is 7.02. The standard InChI is InChI=1S/C21H19N3O5S/c1-4-6-14-9-15(11-18(28-2)19(14)29-3)20(25)23-21-22-17(12-30-21)13-7-5-8-16(10-13)24(26)27/h4-5,7-12H,1,6H2,2-3H3,(H,22,23,25). The summed E-state index contributed by atoms with van der Waals surface area (Å²) in [5.74, 6) is 0.635. The lowest BCUT2D eigenvalue weighted by Crippen LogP contribution is -2.13. The Morgan fingerprint density at radius 3 is 2.77 bits per heavy atom. The first-order valence-corrected chi connectivity index (χ1v) is 9.72. The third kappa shape index (κ3) is 4.47. The van der Waals surface area contributed by atoms with E-state index >= 15 is 0 Å². The molecule has 1 heterocycles. The van der Waals surface area contributed by atoms with Crippen molar-refractivity contribution in [3.8, 4) is 22.8 Å². The first kappa shape index (κ1) is 21.0. The summed E-state index contributed by atoms with van der Waals surface area (Å²) in [4.78, 5) is 27.7. The molecule has 1 N–H and O–H groups in total. The summed E-state index contributed by atoms with van der Waals surface area (Å²) in [6.07, 6.45) is 2.22. The van der Waals surface area contributed by atoms with Gasteiger partial charge in [-0.15, -0.1) is 17.9 Å². The van der Waals surface area contributed by atoms with Gasteiger partial charge >= 0.3 is 0 Å². The van der Waals surface area contributed by atoms with Crippen LogP contribution in [-0.4, -0.2) is 30.0 Å². The normalized spacial score (nSPS) is 10.3. The van der Waals surface area contributed by atoms with Crippen molar-refractivity contribution < 1.29 is 19.2 Å². The molecule has 0 fully saturated rings. The van der Waals surface area contributed by atoms with Crippen molar-refractivity contribution in [3.63, 3.8) is 0 Å². The molecule has 0 aliphatic carbocycles. The number of carbonyl (C=O) groups is 1. The number of benzene rings is 2. The van der Waals surface area contributed by atoms with Gasteiger partial charge in [0.15, 0.2) is 16.6 Å². The van der Waals surface area contributed by atoms with Gasteiger partial charge in [0.05, 0.1) is 24.8 Å². The number of hydrogen-bond donors (Lipinski definition) is 1. The summed E-state index contributed by atoms with van der Waals surface area (Å²) in [7, 11) is 3.04. The molecule has 0 radical (unpaired) electrons. The number of methoxy groups -OCH3 is 2. The maximum Gasteiger partial charge on any atom is 0.270 e. The van der Waals surface area contributed by atoms with Gasteiger partial charge in [0.25, 0.3) is 11.6 Å². The van der Waals surface area contributed by atoms with Crippen LogP contribution in [0.5, 0.6) is 11.5 Å². The third-order valence-corrected chi connectivity index (χ3v) is 5.02. The fourth-order valence-corrected chi connectivity index (χ4v) is 3.61.